The minimum Gasteiger partial charge on any atom is -0.491 e. The highest BCUT2D eigenvalue weighted by Gasteiger charge is 2.23. The van der Waals surface area contributed by atoms with Crippen LogP contribution in [0.1, 0.15) is 22.8 Å². The van der Waals surface area contributed by atoms with Crippen LogP contribution in [-0.4, -0.2) is 34.0 Å². The van der Waals surface area contributed by atoms with Crippen LogP contribution in [0.2, 0.25) is 0 Å². The average Bonchev–Trinajstić information content (AvgIpc) is 2.78. The number of para-hydroxylation sites is 1. The molecule has 0 saturated heterocycles. The molecule has 0 aromatic heterocycles. The van der Waals surface area contributed by atoms with E-state index in [1.165, 1.54) is 11.4 Å². The number of nitrogens with zero attached hydrogens (tertiary/aromatic N) is 1. The minimum absolute atomic E-state index is 0.193. The predicted octanol–water partition coefficient (Wildman–Crippen LogP) is 4.02. The van der Waals surface area contributed by atoms with Gasteiger partial charge in [0, 0.05) is 12.6 Å². The molecule has 1 N–H and O–H groups in total. The molecule has 0 aliphatic carbocycles. The molecule has 0 fully saturated rings. The van der Waals surface area contributed by atoms with Gasteiger partial charge >= 0.3 is 0 Å². The second-order valence-electron chi connectivity index (χ2n) is 7.29. The van der Waals surface area contributed by atoms with Gasteiger partial charge in [0.05, 0.1) is 16.6 Å². The van der Waals surface area contributed by atoms with Gasteiger partial charge in [0.2, 0.25) is 0 Å². The molecule has 0 aliphatic heterocycles. The number of amides is 1. The number of ether oxygens (including phenoxy) is 1. The Hall–Kier alpha value is -3.32. The van der Waals surface area contributed by atoms with Crippen molar-refractivity contribution < 1.29 is 17.9 Å². The van der Waals surface area contributed by atoms with Gasteiger partial charge in [-0.3, -0.25) is 9.10 Å². The first-order valence-corrected chi connectivity index (χ1v) is 11.4. The molecule has 3 aromatic carbocycles. The van der Waals surface area contributed by atoms with Crippen LogP contribution in [0.15, 0.2) is 83.8 Å². The van der Waals surface area contributed by atoms with E-state index in [1.807, 2.05) is 44.2 Å². The molecule has 3 rings (SSSR count). The molecule has 3 aromatic rings. The van der Waals surface area contributed by atoms with Crippen molar-refractivity contribution in [2.24, 2.45) is 0 Å². The highest BCUT2D eigenvalue weighted by Crippen LogP contribution is 2.26. The Bertz CT molecular complexity index is 1130. The topological polar surface area (TPSA) is 75.7 Å². The van der Waals surface area contributed by atoms with E-state index >= 15 is 0 Å². The number of nitrogens with one attached hydrogen (secondary N) is 1. The number of aryl methyl sites for hydroxylation is 1. The molecular weight excluding hydrogens is 412 g/mol. The molecule has 0 heterocycles. The van der Waals surface area contributed by atoms with Crippen LogP contribution in [0.3, 0.4) is 0 Å². The molecule has 31 heavy (non-hydrogen) atoms. The van der Waals surface area contributed by atoms with E-state index in [0.717, 1.165) is 11.3 Å². The second-order valence-corrected chi connectivity index (χ2v) is 9.25. The van der Waals surface area contributed by atoms with Crippen LogP contribution in [-0.2, 0) is 10.0 Å². The van der Waals surface area contributed by atoms with E-state index in [9.17, 15) is 13.2 Å². The first kappa shape index (κ1) is 22.4. The van der Waals surface area contributed by atoms with Gasteiger partial charge in [-0.1, -0.05) is 42.5 Å². The largest absolute Gasteiger partial charge is 0.491 e. The van der Waals surface area contributed by atoms with Crippen molar-refractivity contribution in [3.63, 3.8) is 0 Å². The Morgan fingerprint density at radius 2 is 1.61 bits per heavy atom. The zero-order valence-corrected chi connectivity index (χ0v) is 18.6. The zero-order valence-electron chi connectivity index (χ0n) is 17.8. The van der Waals surface area contributed by atoms with Crippen molar-refractivity contribution in [3.8, 4) is 5.75 Å². The van der Waals surface area contributed by atoms with E-state index in [-0.39, 0.29) is 16.8 Å². The van der Waals surface area contributed by atoms with Gasteiger partial charge < -0.3 is 10.1 Å². The summed E-state index contributed by atoms with van der Waals surface area (Å²) in [5, 5.41) is 2.89. The van der Waals surface area contributed by atoms with Crippen molar-refractivity contribution in [2.75, 3.05) is 18.0 Å². The maximum Gasteiger partial charge on any atom is 0.264 e. The Kier molecular flexibility index (Phi) is 6.97. The van der Waals surface area contributed by atoms with Gasteiger partial charge in [-0.2, -0.15) is 0 Å². The molecule has 0 spiro atoms. The van der Waals surface area contributed by atoms with Gasteiger partial charge in [0.1, 0.15) is 12.4 Å². The number of anilines is 1. The smallest absolute Gasteiger partial charge is 0.264 e. The quantitative estimate of drug-likeness (QED) is 0.576. The number of benzene rings is 3. The molecule has 7 heteroatoms. The van der Waals surface area contributed by atoms with Crippen molar-refractivity contribution in [1.82, 2.24) is 5.32 Å². The third-order valence-corrected chi connectivity index (χ3v) is 6.62. The summed E-state index contributed by atoms with van der Waals surface area (Å²) in [7, 11) is -2.25. The highest BCUT2D eigenvalue weighted by atomic mass is 32.2. The van der Waals surface area contributed by atoms with Crippen LogP contribution < -0.4 is 14.4 Å². The summed E-state index contributed by atoms with van der Waals surface area (Å²) in [4.78, 5) is 12.9. The fourth-order valence-corrected chi connectivity index (χ4v) is 4.33. The maximum atomic E-state index is 13.0. The number of carbonyl (C=O) groups is 1. The van der Waals surface area contributed by atoms with Crippen LogP contribution in [0.5, 0.6) is 5.75 Å². The minimum atomic E-state index is -3.74. The number of hydrogen-bond donors (Lipinski definition) is 1. The van der Waals surface area contributed by atoms with Crippen LogP contribution in [0.4, 0.5) is 5.69 Å². The highest BCUT2D eigenvalue weighted by molar-refractivity contribution is 7.92. The summed E-state index contributed by atoms with van der Waals surface area (Å²) in [6.45, 7) is 3.98. The third-order valence-electron chi connectivity index (χ3n) is 4.83. The molecular formula is C24H26N2O4S. The Labute approximate surface area is 183 Å². The maximum absolute atomic E-state index is 13.0. The summed E-state index contributed by atoms with van der Waals surface area (Å²) in [6, 6.07) is 22.4. The Balaban J connectivity index is 1.73. The van der Waals surface area contributed by atoms with Crippen molar-refractivity contribution in [3.05, 3.63) is 90.0 Å². The first-order valence-electron chi connectivity index (χ1n) is 9.92. The lowest BCUT2D eigenvalue weighted by Gasteiger charge is -2.22. The molecule has 0 radical (unpaired) electrons. The first-order chi connectivity index (χ1) is 14.8. The number of sulfonamides is 1. The van der Waals surface area contributed by atoms with Gasteiger partial charge in [-0.05, 0) is 55.8 Å². The number of rotatable bonds is 8. The average molecular weight is 439 g/mol. The molecule has 6 nitrogen and oxygen atoms in total. The number of carbonyl (C=O) groups excluding carboxylic acids is 1. The van der Waals surface area contributed by atoms with E-state index in [4.69, 9.17) is 4.74 Å². The Morgan fingerprint density at radius 3 is 2.26 bits per heavy atom. The lowest BCUT2D eigenvalue weighted by molar-refractivity contribution is 0.0926. The molecule has 162 valence electrons. The summed E-state index contributed by atoms with van der Waals surface area (Å²) in [5.41, 5.74) is 1.57. The standard InChI is InChI=1S/C24H26N2O4S/c1-18-14-15-20(24(27)25-19(2)17-30-21-10-6-4-7-11-21)16-23(18)26(3)31(28,29)22-12-8-5-9-13-22/h4-16,19H,17H2,1-3H3,(H,25,27)/t19-/m0/s1. The van der Waals surface area contributed by atoms with E-state index < -0.39 is 10.0 Å². The predicted molar refractivity (Wildman–Crippen MR) is 122 cm³/mol. The van der Waals surface area contributed by atoms with Crippen LogP contribution in [0.25, 0.3) is 0 Å². The van der Waals surface area contributed by atoms with Gasteiger partial charge in [-0.25, -0.2) is 8.42 Å². The Morgan fingerprint density at radius 1 is 1.00 bits per heavy atom. The fraction of sp³-hybridized carbons (Fsp3) is 0.208. The van der Waals surface area contributed by atoms with Crippen molar-refractivity contribution >= 4 is 21.6 Å². The molecule has 1 amide bonds. The summed E-state index contributed by atoms with van der Waals surface area (Å²) in [6.07, 6.45) is 0. The van der Waals surface area contributed by atoms with Crippen molar-refractivity contribution in [1.29, 1.82) is 0 Å². The van der Waals surface area contributed by atoms with Gasteiger partial charge in [-0.15, -0.1) is 0 Å². The van der Waals surface area contributed by atoms with E-state index in [1.54, 1.807) is 48.5 Å². The third kappa shape index (κ3) is 5.44. The molecule has 0 unspecified atom stereocenters. The lowest BCUT2D eigenvalue weighted by Crippen LogP contribution is -2.37. The van der Waals surface area contributed by atoms with Crippen LogP contribution in [0, 0.1) is 6.92 Å². The lowest BCUT2D eigenvalue weighted by atomic mass is 10.1. The molecule has 0 bridgehead atoms. The molecule has 0 saturated carbocycles. The number of hydrogen-bond acceptors (Lipinski definition) is 4. The van der Waals surface area contributed by atoms with Gasteiger partial charge in [0.15, 0.2) is 0 Å². The summed E-state index contributed by atoms with van der Waals surface area (Å²) < 4.78 is 32.8. The molecule has 0 aliphatic rings. The van der Waals surface area contributed by atoms with Crippen molar-refractivity contribution in [2.45, 2.75) is 24.8 Å². The van der Waals surface area contributed by atoms with E-state index in [2.05, 4.69) is 5.32 Å². The monoisotopic (exact) mass is 438 g/mol. The molecule has 1 atom stereocenters. The van der Waals surface area contributed by atoms with Gasteiger partial charge in [0.25, 0.3) is 15.9 Å². The summed E-state index contributed by atoms with van der Waals surface area (Å²) >= 11 is 0. The zero-order chi connectivity index (χ0) is 22.4. The summed E-state index contributed by atoms with van der Waals surface area (Å²) in [5.74, 6) is 0.435. The second kappa shape index (κ2) is 9.66. The fourth-order valence-electron chi connectivity index (χ4n) is 3.06. The van der Waals surface area contributed by atoms with E-state index in [0.29, 0.717) is 17.9 Å². The SMILES string of the molecule is Cc1ccc(C(=O)N[C@@H](C)COc2ccccc2)cc1N(C)S(=O)(=O)c1ccccc1. The van der Waals surface area contributed by atoms with Crippen LogP contribution >= 0.6 is 0 Å². The normalized spacial score (nSPS) is 12.1.